The van der Waals surface area contributed by atoms with E-state index in [1.54, 1.807) is 13.3 Å². The Labute approximate surface area is 222 Å². The summed E-state index contributed by atoms with van der Waals surface area (Å²) < 4.78 is 26.0. The van der Waals surface area contributed by atoms with Crippen LogP contribution in [0.4, 0.5) is 0 Å². The maximum atomic E-state index is 11.5. The van der Waals surface area contributed by atoms with Crippen LogP contribution < -0.4 is 4.89 Å². The Balaban J connectivity index is 0. The number of rotatable bonds is 20. The minimum absolute atomic E-state index is 0.242. The van der Waals surface area contributed by atoms with E-state index in [2.05, 4.69) is 69.2 Å². The van der Waals surface area contributed by atoms with Crippen molar-refractivity contribution in [3.8, 4) is 0 Å². The molecule has 0 bridgehead atoms. The van der Waals surface area contributed by atoms with Crippen LogP contribution in [0.1, 0.15) is 121 Å². The Morgan fingerprint density at radius 2 is 0.882 bits per heavy atom. The molecule has 0 saturated carbocycles. The number of unbranched alkanes of at least 4 members (excludes halogenated alkanes) is 4. The van der Waals surface area contributed by atoms with Gasteiger partial charge in [0.1, 0.15) is 0 Å². The van der Waals surface area contributed by atoms with Crippen LogP contribution in [0, 0.1) is 29.6 Å². The van der Waals surface area contributed by atoms with Crippen LogP contribution in [0.15, 0.2) is 0 Å². The molecular formula is C28H61O4PSn. The van der Waals surface area contributed by atoms with Crippen molar-refractivity contribution in [2.45, 2.75) is 134 Å². The molecule has 34 heavy (non-hydrogen) atoms. The summed E-state index contributed by atoms with van der Waals surface area (Å²) in [5.41, 5.74) is 0. The molecule has 0 radical (unpaired) electrons. The number of phosphoric acid groups is 1. The van der Waals surface area contributed by atoms with E-state index in [9.17, 15) is 9.46 Å². The van der Waals surface area contributed by atoms with E-state index in [-0.39, 0.29) is 13.2 Å². The van der Waals surface area contributed by atoms with Crippen LogP contribution in [0.5, 0.6) is 0 Å². The predicted octanol–water partition coefficient (Wildman–Crippen LogP) is 9.37. The van der Waals surface area contributed by atoms with Crippen LogP contribution in [0.2, 0.25) is 13.3 Å². The normalized spacial score (nSPS) is 12.2. The van der Waals surface area contributed by atoms with Crippen molar-refractivity contribution in [3.05, 3.63) is 0 Å². The van der Waals surface area contributed by atoms with Crippen molar-refractivity contribution >= 4 is 27.6 Å². The molecule has 0 aromatic rings. The average molecular weight is 611 g/mol. The fourth-order valence-corrected chi connectivity index (χ4v) is 16.1. The number of phosphoric ester groups is 1. The second kappa shape index (κ2) is 23.1. The van der Waals surface area contributed by atoms with Gasteiger partial charge in [0, 0.05) is 0 Å². The summed E-state index contributed by atoms with van der Waals surface area (Å²) >= 11 is -0.976. The summed E-state index contributed by atoms with van der Waals surface area (Å²) in [7, 11) is -4.08. The van der Waals surface area contributed by atoms with Gasteiger partial charge in [-0.1, -0.05) is 66.2 Å². The first-order valence-corrected chi connectivity index (χ1v) is 21.7. The molecule has 0 aromatic carbocycles. The van der Waals surface area contributed by atoms with Gasteiger partial charge in [0.05, 0.1) is 13.2 Å². The van der Waals surface area contributed by atoms with Crippen molar-refractivity contribution in [2.75, 3.05) is 13.2 Å². The summed E-state index contributed by atoms with van der Waals surface area (Å²) in [6.07, 6.45) is 8.18. The summed E-state index contributed by atoms with van der Waals surface area (Å²) in [4.78, 5) is 11.5. The van der Waals surface area contributed by atoms with E-state index in [1.165, 1.54) is 12.8 Å². The van der Waals surface area contributed by atoms with E-state index >= 15 is 0 Å². The second-order valence-corrected chi connectivity index (χ2v) is 21.3. The fourth-order valence-electron chi connectivity index (χ4n) is 4.03. The monoisotopic (exact) mass is 612 g/mol. The molecule has 0 heterocycles. The molecule has 0 N–H and O–H groups in total. The van der Waals surface area contributed by atoms with Gasteiger partial charge in [-0.2, -0.15) is 0 Å². The first-order valence-electron chi connectivity index (χ1n) is 14.2. The molecule has 0 amide bonds. The van der Waals surface area contributed by atoms with Crippen molar-refractivity contribution in [1.82, 2.24) is 0 Å². The third kappa shape index (κ3) is 30.9. The standard InChI is InChI=1S/C16H35O4P.3C4H9.Sn/c1-15(2)11-7-5-9-13-19-21(17,18)20-14-10-6-8-12-16(3)4;3*1-4(2)3;/h15-16H,5-14H2,1-4H3,(H,17,18);3*4H,1H2,2-3H3;/q;;;;+1/p-1. The zero-order chi connectivity index (χ0) is 26.6. The first kappa shape index (κ1) is 37.1. The van der Waals surface area contributed by atoms with Crippen LogP contribution >= 0.6 is 7.82 Å². The maximum absolute atomic E-state index is 11.5. The SMILES string of the molecule is CC(C)CCCCCOP(=O)([O-])OCCCCCC(C)C.CC(C)[CH2][Sn+]([CH2]C(C)C)[CH2]C(C)C. The molecule has 0 rings (SSSR count). The molecule has 0 saturated heterocycles. The van der Waals surface area contributed by atoms with E-state index in [0.717, 1.165) is 56.3 Å². The van der Waals surface area contributed by atoms with Crippen LogP contribution in [-0.4, -0.2) is 33.0 Å². The van der Waals surface area contributed by atoms with E-state index < -0.39 is 27.6 Å². The number of hydrogen-bond acceptors (Lipinski definition) is 4. The van der Waals surface area contributed by atoms with Gasteiger partial charge in [0.15, 0.2) is 0 Å². The molecule has 0 aliphatic carbocycles. The van der Waals surface area contributed by atoms with Crippen molar-refractivity contribution < 1.29 is 18.5 Å². The molecule has 0 fully saturated rings. The molecule has 206 valence electrons. The summed E-state index contributed by atoms with van der Waals surface area (Å²) in [6, 6.07) is 0. The number of hydrogen-bond donors (Lipinski definition) is 0. The third-order valence-electron chi connectivity index (χ3n) is 5.44. The molecule has 0 aromatic heterocycles. The Hall–Kier alpha value is 0.909. The molecule has 0 aliphatic rings. The molecule has 6 heteroatoms. The minimum atomic E-state index is -4.08. The molecule has 0 spiro atoms. The topological polar surface area (TPSA) is 58.6 Å². The van der Waals surface area contributed by atoms with Gasteiger partial charge in [-0.15, -0.1) is 0 Å². The fraction of sp³-hybridized carbons (Fsp3) is 1.00. The van der Waals surface area contributed by atoms with Crippen LogP contribution in [-0.2, 0) is 13.6 Å². The van der Waals surface area contributed by atoms with Crippen molar-refractivity contribution in [2.24, 2.45) is 29.6 Å². The summed E-state index contributed by atoms with van der Waals surface area (Å²) in [5.74, 6) is 4.26. The van der Waals surface area contributed by atoms with Crippen LogP contribution in [0.3, 0.4) is 0 Å². The average Bonchev–Trinajstić information content (AvgIpc) is 2.65. The van der Waals surface area contributed by atoms with E-state index in [1.807, 2.05) is 0 Å². The second-order valence-electron chi connectivity index (χ2n) is 12.1. The summed E-state index contributed by atoms with van der Waals surface area (Å²) in [5, 5.41) is 0. The molecular weight excluding hydrogens is 550 g/mol. The third-order valence-corrected chi connectivity index (χ3v) is 18.4. The Morgan fingerprint density at radius 3 is 1.15 bits per heavy atom. The quantitative estimate of drug-likeness (QED) is 0.0782. The van der Waals surface area contributed by atoms with E-state index in [0.29, 0.717) is 11.8 Å². The predicted molar refractivity (Wildman–Crippen MR) is 151 cm³/mol. The van der Waals surface area contributed by atoms with Gasteiger partial charge in [-0.05, 0) is 24.7 Å². The van der Waals surface area contributed by atoms with Gasteiger partial charge in [0.25, 0.3) is 7.82 Å². The Morgan fingerprint density at radius 1 is 0.559 bits per heavy atom. The van der Waals surface area contributed by atoms with Gasteiger partial charge >= 0.3 is 92.4 Å². The van der Waals surface area contributed by atoms with Gasteiger partial charge in [0.2, 0.25) is 0 Å². The molecule has 0 atom stereocenters. The van der Waals surface area contributed by atoms with Crippen molar-refractivity contribution in [1.29, 1.82) is 0 Å². The molecule has 4 nitrogen and oxygen atoms in total. The zero-order valence-electron chi connectivity index (χ0n) is 24.7. The first-order chi connectivity index (χ1) is 15.7. The van der Waals surface area contributed by atoms with E-state index in [4.69, 9.17) is 9.05 Å². The van der Waals surface area contributed by atoms with Crippen molar-refractivity contribution in [3.63, 3.8) is 0 Å². The van der Waals surface area contributed by atoms with Gasteiger partial charge < -0.3 is 13.9 Å². The molecule has 0 aliphatic heterocycles. The Bertz CT molecular complexity index is 433. The molecule has 0 unspecified atom stereocenters. The zero-order valence-corrected chi connectivity index (χ0v) is 28.4. The van der Waals surface area contributed by atoms with Crippen LogP contribution in [0.25, 0.3) is 0 Å². The van der Waals surface area contributed by atoms with Gasteiger partial charge in [-0.3, -0.25) is 4.57 Å². The summed E-state index contributed by atoms with van der Waals surface area (Å²) in [6.45, 7) is 23.6. The van der Waals surface area contributed by atoms with Gasteiger partial charge in [-0.25, -0.2) is 0 Å². The Kier molecular flexibility index (Phi) is 25.1.